The molecule has 0 saturated heterocycles. The number of benzene rings is 1. The van der Waals surface area contributed by atoms with E-state index in [1.54, 1.807) is 24.5 Å². The molecule has 8 heteroatoms. The quantitative estimate of drug-likeness (QED) is 0.649. The molecule has 1 aromatic carbocycles. The van der Waals surface area contributed by atoms with Gasteiger partial charge in [-0.25, -0.2) is 13.2 Å². The van der Waals surface area contributed by atoms with E-state index in [1.165, 1.54) is 19.4 Å². The largest absolute Gasteiger partial charge is 0.464 e. The van der Waals surface area contributed by atoms with Crippen LogP contribution in [-0.4, -0.2) is 31.5 Å². The number of anilines is 1. The third-order valence-corrected chi connectivity index (χ3v) is 5.10. The Morgan fingerprint density at radius 2 is 1.77 bits per heavy atom. The van der Waals surface area contributed by atoms with Gasteiger partial charge in [0.1, 0.15) is 10.6 Å². The average molecular weight is 371 g/mol. The molecule has 0 spiro atoms. The molecule has 2 aromatic heterocycles. The van der Waals surface area contributed by atoms with Gasteiger partial charge in [0.25, 0.3) is 10.0 Å². The first kappa shape index (κ1) is 17.7. The summed E-state index contributed by atoms with van der Waals surface area (Å²) in [5.41, 5.74) is 2.68. The Hall–Kier alpha value is -3.13. The number of aromatic amines is 1. The van der Waals surface area contributed by atoms with Crippen molar-refractivity contribution < 1.29 is 17.9 Å². The summed E-state index contributed by atoms with van der Waals surface area (Å²) in [7, 11) is -2.58. The number of rotatable bonds is 6. The van der Waals surface area contributed by atoms with Crippen molar-refractivity contribution in [3.05, 3.63) is 77.9 Å². The van der Waals surface area contributed by atoms with Crippen LogP contribution in [-0.2, 0) is 21.2 Å². The van der Waals surface area contributed by atoms with Crippen LogP contribution in [0.2, 0.25) is 0 Å². The zero-order valence-electron chi connectivity index (χ0n) is 14.0. The Balaban J connectivity index is 1.71. The van der Waals surface area contributed by atoms with E-state index in [-0.39, 0.29) is 10.6 Å². The summed E-state index contributed by atoms with van der Waals surface area (Å²) in [6.45, 7) is 0. The molecule has 0 bridgehead atoms. The Morgan fingerprint density at radius 3 is 2.42 bits per heavy atom. The molecule has 0 saturated carbocycles. The van der Waals surface area contributed by atoms with Crippen LogP contribution >= 0.6 is 0 Å². The molecule has 0 unspecified atom stereocenters. The Bertz CT molecular complexity index is 996. The number of carbonyl (C=O) groups is 1. The van der Waals surface area contributed by atoms with Crippen molar-refractivity contribution in [3.8, 4) is 0 Å². The predicted molar refractivity (Wildman–Crippen MR) is 96.4 cm³/mol. The molecule has 2 heterocycles. The molecule has 7 nitrogen and oxygen atoms in total. The molecule has 0 fully saturated rings. The molecular weight excluding hydrogens is 354 g/mol. The minimum absolute atomic E-state index is 0.0428. The summed E-state index contributed by atoms with van der Waals surface area (Å²) >= 11 is 0. The van der Waals surface area contributed by atoms with Crippen molar-refractivity contribution in [2.45, 2.75) is 11.3 Å². The number of nitrogens with zero attached hydrogens (tertiary/aromatic N) is 1. The maximum atomic E-state index is 12.4. The molecule has 3 aromatic rings. The van der Waals surface area contributed by atoms with E-state index in [9.17, 15) is 13.2 Å². The smallest absolute Gasteiger partial charge is 0.354 e. The van der Waals surface area contributed by atoms with Crippen LogP contribution in [0.15, 0.2) is 66.0 Å². The van der Waals surface area contributed by atoms with E-state index in [0.717, 1.165) is 17.5 Å². The van der Waals surface area contributed by atoms with Gasteiger partial charge in [0.2, 0.25) is 0 Å². The highest BCUT2D eigenvalue weighted by Crippen LogP contribution is 2.19. The van der Waals surface area contributed by atoms with Crippen molar-refractivity contribution in [2.24, 2.45) is 0 Å². The van der Waals surface area contributed by atoms with Gasteiger partial charge in [-0.05, 0) is 47.9 Å². The molecule has 134 valence electrons. The van der Waals surface area contributed by atoms with Crippen LogP contribution in [0.5, 0.6) is 0 Å². The second-order valence-corrected chi connectivity index (χ2v) is 7.26. The summed E-state index contributed by atoms with van der Waals surface area (Å²) in [5.74, 6) is -0.632. The monoisotopic (exact) mass is 371 g/mol. The van der Waals surface area contributed by atoms with Crippen molar-refractivity contribution >= 4 is 21.7 Å². The van der Waals surface area contributed by atoms with Gasteiger partial charge in [0.15, 0.2) is 0 Å². The van der Waals surface area contributed by atoms with Crippen molar-refractivity contribution in [2.75, 3.05) is 11.8 Å². The minimum Gasteiger partial charge on any atom is -0.464 e. The zero-order chi connectivity index (χ0) is 18.6. The number of nitrogens with one attached hydrogen (secondary N) is 2. The molecular formula is C18H17N3O4S. The first-order valence-corrected chi connectivity index (χ1v) is 9.23. The molecule has 0 aliphatic heterocycles. The van der Waals surface area contributed by atoms with E-state index in [1.807, 2.05) is 24.3 Å². The number of H-pyrrole nitrogens is 1. The SMILES string of the molecule is COC(=O)c1cc(S(=O)(=O)Nc2ccc(Cc3ccncc3)cc2)c[nH]1. The second-order valence-electron chi connectivity index (χ2n) is 5.58. The van der Waals surface area contributed by atoms with E-state index < -0.39 is 16.0 Å². The zero-order valence-corrected chi connectivity index (χ0v) is 14.8. The van der Waals surface area contributed by atoms with Gasteiger partial charge in [-0.1, -0.05) is 12.1 Å². The van der Waals surface area contributed by atoms with Gasteiger partial charge in [-0.3, -0.25) is 9.71 Å². The molecule has 0 aliphatic rings. The first-order chi connectivity index (χ1) is 12.5. The number of sulfonamides is 1. The molecule has 0 amide bonds. The lowest BCUT2D eigenvalue weighted by atomic mass is 10.1. The lowest BCUT2D eigenvalue weighted by Crippen LogP contribution is -2.12. The molecule has 3 rings (SSSR count). The van der Waals surface area contributed by atoms with Gasteiger partial charge in [0, 0.05) is 24.3 Å². The summed E-state index contributed by atoms with van der Waals surface area (Å²) in [6.07, 6.45) is 5.44. The van der Waals surface area contributed by atoms with Crippen LogP contribution in [0.4, 0.5) is 5.69 Å². The number of pyridine rings is 1. The Labute approximate surface area is 151 Å². The fourth-order valence-corrected chi connectivity index (χ4v) is 3.45. The second kappa shape index (κ2) is 7.40. The van der Waals surface area contributed by atoms with Gasteiger partial charge in [-0.2, -0.15) is 0 Å². The Morgan fingerprint density at radius 1 is 1.12 bits per heavy atom. The summed E-state index contributed by atoms with van der Waals surface area (Å²) < 4.78 is 31.9. The molecule has 0 atom stereocenters. The standard InChI is InChI=1S/C18H17N3O4S/c1-25-18(22)17-11-16(12-20-17)26(23,24)21-15-4-2-13(3-5-15)10-14-6-8-19-9-7-14/h2-9,11-12,20-21H,10H2,1H3. The molecule has 2 N–H and O–H groups in total. The topological polar surface area (TPSA) is 101 Å². The fourth-order valence-electron chi connectivity index (χ4n) is 2.40. The third kappa shape index (κ3) is 4.09. The lowest BCUT2D eigenvalue weighted by molar-refractivity contribution is 0.0594. The van der Waals surface area contributed by atoms with Crippen LogP contribution in [0.25, 0.3) is 0 Å². The number of aromatic nitrogens is 2. The molecule has 0 aliphatic carbocycles. The number of hydrogen-bond acceptors (Lipinski definition) is 5. The van der Waals surface area contributed by atoms with Crippen LogP contribution in [0.3, 0.4) is 0 Å². The van der Waals surface area contributed by atoms with Crippen LogP contribution in [0.1, 0.15) is 21.6 Å². The van der Waals surface area contributed by atoms with Crippen molar-refractivity contribution in [1.82, 2.24) is 9.97 Å². The highest BCUT2D eigenvalue weighted by atomic mass is 32.2. The summed E-state index contributed by atoms with van der Waals surface area (Å²) in [6, 6.07) is 12.2. The number of carbonyl (C=O) groups excluding carboxylic acids is 1. The van der Waals surface area contributed by atoms with Gasteiger partial charge < -0.3 is 9.72 Å². The van der Waals surface area contributed by atoms with Gasteiger partial charge in [-0.15, -0.1) is 0 Å². The maximum Gasteiger partial charge on any atom is 0.354 e. The van der Waals surface area contributed by atoms with E-state index in [2.05, 4.69) is 19.4 Å². The number of methoxy groups -OCH3 is 1. The fraction of sp³-hybridized carbons (Fsp3) is 0.111. The van der Waals surface area contributed by atoms with Crippen LogP contribution < -0.4 is 4.72 Å². The molecule has 0 radical (unpaired) electrons. The lowest BCUT2D eigenvalue weighted by Gasteiger charge is -2.08. The highest BCUT2D eigenvalue weighted by molar-refractivity contribution is 7.92. The van der Waals surface area contributed by atoms with E-state index in [4.69, 9.17) is 0 Å². The van der Waals surface area contributed by atoms with Gasteiger partial charge in [0.05, 0.1) is 7.11 Å². The van der Waals surface area contributed by atoms with Gasteiger partial charge >= 0.3 is 5.97 Å². The highest BCUT2D eigenvalue weighted by Gasteiger charge is 2.19. The maximum absolute atomic E-state index is 12.4. The summed E-state index contributed by atoms with van der Waals surface area (Å²) in [5, 5.41) is 0. The molecule has 26 heavy (non-hydrogen) atoms. The van der Waals surface area contributed by atoms with Crippen LogP contribution in [0, 0.1) is 0 Å². The normalized spacial score (nSPS) is 11.1. The number of esters is 1. The average Bonchev–Trinajstić information content (AvgIpc) is 3.15. The third-order valence-electron chi connectivity index (χ3n) is 3.74. The number of hydrogen-bond donors (Lipinski definition) is 2. The van der Waals surface area contributed by atoms with Crippen molar-refractivity contribution in [3.63, 3.8) is 0 Å². The predicted octanol–water partition coefficient (Wildman–Crippen LogP) is 2.59. The van der Waals surface area contributed by atoms with Crippen molar-refractivity contribution in [1.29, 1.82) is 0 Å². The van der Waals surface area contributed by atoms with E-state index in [0.29, 0.717) is 5.69 Å². The minimum atomic E-state index is -3.80. The first-order valence-electron chi connectivity index (χ1n) is 7.75. The summed E-state index contributed by atoms with van der Waals surface area (Å²) in [4.78, 5) is 18.0. The Kier molecular flexibility index (Phi) is 5.04. The number of ether oxygens (including phenoxy) is 1. The van der Waals surface area contributed by atoms with E-state index >= 15 is 0 Å².